The summed E-state index contributed by atoms with van der Waals surface area (Å²) in [6.45, 7) is 4.04. The molecule has 1 aliphatic rings. The Labute approximate surface area is 179 Å². The van der Waals surface area contributed by atoms with Crippen LogP contribution in [0.15, 0.2) is 47.5 Å². The SMILES string of the molecule is CCNC(=NCCNC(=O)c1ccccc1F)NC1CCN(c2c(F)cccc2F)C1. The topological polar surface area (TPSA) is 68.8 Å². The molecule has 1 heterocycles. The Kier molecular flexibility index (Phi) is 7.75. The van der Waals surface area contributed by atoms with Crippen LogP contribution in [0.25, 0.3) is 0 Å². The first-order valence-corrected chi connectivity index (χ1v) is 10.3. The number of amides is 1. The van der Waals surface area contributed by atoms with Crippen LogP contribution in [-0.2, 0) is 0 Å². The van der Waals surface area contributed by atoms with Crippen molar-refractivity contribution in [1.82, 2.24) is 16.0 Å². The number of aliphatic imine (C=N–C) groups is 1. The maximum absolute atomic E-state index is 14.0. The summed E-state index contributed by atoms with van der Waals surface area (Å²) in [5.41, 5.74) is -0.0208. The van der Waals surface area contributed by atoms with E-state index < -0.39 is 23.4 Å². The minimum absolute atomic E-state index is 0.00963. The number of anilines is 1. The van der Waals surface area contributed by atoms with Crippen molar-refractivity contribution in [2.75, 3.05) is 37.6 Å². The Morgan fingerprint density at radius 1 is 1.06 bits per heavy atom. The molecular weight excluding hydrogens is 407 g/mol. The Balaban J connectivity index is 1.52. The second-order valence-electron chi connectivity index (χ2n) is 7.14. The highest BCUT2D eigenvalue weighted by atomic mass is 19.1. The van der Waals surface area contributed by atoms with Crippen molar-refractivity contribution in [1.29, 1.82) is 0 Å². The van der Waals surface area contributed by atoms with Gasteiger partial charge >= 0.3 is 0 Å². The van der Waals surface area contributed by atoms with E-state index in [9.17, 15) is 18.0 Å². The zero-order chi connectivity index (χ0) is 22.2. The molecule has 3 rings (SSSR count). The Morgan fingerprint density at radius 3 is 2.48 bits per heavy atom. The molecule has 1 atom stereocenters. The van der Waals surface area contributed by atoms with Crippen LogP contribution in [0.4, 0.5) is 18.9 Å². The second kappa shape index (κ2) is 10.7. The van der Waals surface area contributed by atoms with Gasteiger partial charge in [0.15, 0.2) is 5.96 Å². The predicted octanol–water partition coefficient (Wildman–Crippen LogP) is 2.67. The molecule has 9 heteroatoms. The molecule has 0 aromatic heterocycles. The smallest absolute Gasteiger partial charge is 0.254 e. The maximum atomic E-state index is 14.0. The molecule has 6 nitrogen and oxygen atoms in total. The summed E-state index contributed by atoms with van der Waals surface area (Å²) in [5.74, 6) is -1.68. The number of carbonyl (C=O) groups excluding carboxylic acids is 1. The zero-order valence-electron chi connectivity index (χ0n) is 17.3. The van der Waals surface area contributed by atoms with Gasteiger partial charge in [0.25, 0.3) is 5.91 Å². The number of carbonyl (C=O) groups is 1. The molecule has 0 bridgehead atoms. The molecular formula is C22H26F3N5O. The van der Waals surface area contributed by atoms with Crippen LogP contribution in [0.5, 0.6) is 0 Å². The van der Waals surface area contributed by atoms with E-state index >= 15 is 0 Å². The van der Waals surface area contributed by atoms with Gasteiger partial charge in [0.1, 0.15) is 23.1 Å². The van der Waals surface area contributed by atoms with Crippen molar-refractivity contribution >= 4 is 17.6 Å². The lowest BCUT2D eigenvalue weighted by molar-refractivity contribution is 0.0950. The molecule has 3 N–H and O–H groups in total. The van der Waals surface area contributed by atoms with Gasteiger partial charge in [0.2, 0.25) is 0 Å². The number of halogens is 3. The lowest BCUT2D eigenvalue weighted by Crippen LogP contribution is -2.45. The quantitative estimate of drug-likeness (QED) is 0.357. The number of nitrogens with zero attached hydrogens (tertiary/aromatic N) is 2. The second-order valence-corrected chi connectivity index (χ2v) is 7.14. The molecule has 1 unspecified atom stereocenters. The molecule has 2 aromatic carbocycles. The first-order valence-electron chi connectivity index (χ1n) is 10.3. The van der Waals surface area contributed by atoms with E-state index in [0.29, 0.717) is 32.0 Å². The number of guanidine groups is 1. The third kappa shape index (κ3) is 5.90. The van der Waals surface area contributed by atoms with E-state index in [-0.39, 0.29) is 30.4 Å². The normalized spacial score (nSPS) is 16.3. The Morgan fingerprint density at radius 2 is 1.77 bits per heavy atom. The molecule has 31 heavy (non-hydrogen) atoms. The van der Waals surface area contributed by atoms with Crippen molar-refractivity contribution in [3.8, 4) is 0 Å². The standard InChI is InChI=1S/C22H26F3N5O/c1-2-26-22(28-12-11-27-21(31)16-6-3-4-7-17(16)23)29-15-10-13-30(14-15)20-18(24)8-5-9-19(20)25/h3-9,15H,2,10-14H2,1H3,(H,27,31)(H2,26,28,29). The minimum Gasteiger partial charge on any atom is -0.365 e. The third-order valence-corrected chi connectivity index (χ3v) is 4.91. The van der Waals surface area contributed by atoms with Crippen molar-refractivity contribution in [2.45, 2.75) is 19.4 Å². The van der Waals surface area contributed by atoms with Crippen molar-refractivity contribution in [3.63, 3.8) is 0 Å². The highest BCUT2D eigenvalue weighted by molar-refractivity contribution is 5.94. The number of rotatable bonds is 7. The van der Waals surface area contributed by atoms with Crippen LogP contribution in [0.2, 0.25) is 0 Å². The maximum Gasteiger partial charge on any atom is 0.254 e. The summed E-state index contributed by atoms with van der Waals surface area (Å²) in [5, 5.41) is 9.02. The Bertz CT molecular complexity index is 917. The third-order valence-electron chi connectivity index (χ3n) is 4.91. The van der Waals surface area contributed by atoms with Gasteiger partial charge in [-0.2, -0.15) is 0 Å². The highest BCUT2D eigenvalue weighted by Crippen LogP contribution is 2.26. The molecule has 1 aliphatic heterocycles. The van der Waals surface area contributed by atoms with Crippen molar-refractivity contribution in [3.05, 3.63) is 65.5 Å². The molecule has 1 amide bonds. The van der Waals surface area contributed by atoms with Gasteiger partial charge < -0.3 is 20.9 Å². The molecule has 0 saturated carbocycles. The van der Waals surface area contributed by atoms with Crippen LogP contribution in [0, 0.1) is 17.5 Å². The largest absolute Gasteiger partial charge is 0.365 e. The monoisotopic (exact) mass is 433 g/mol. The highest BCUT2D eigenvalue weighted by Gasteiger charge is 2.27. The van der Waals surface area contributed by atoms with Crippen molar-refractivity contribution < 1.29 is 18.0 Å². The fourth-order valence-corrected chi connectivity index (χ4v) is 3.46. The minimum atomic E-state index is -0.577. The number of nitrogens with one attached hydrogen (secondary N) is 3. The van der Waals surface area contributed by atoms with Crippen LogP contribution in [0.1, 0.15) is 23.7 Å². The molecule has 2 aromatic rings. The van der Waals surface area contributed by atoms with Crippen LogP contribution in [0.3, 0.4) is 0 Å². The van der Waals surface area contributed by atoms with Gasteiger partial charge in [0, 0.05) is 32.2 Å². The summed E-state index contributed by atoms with van der Waals surface area (Å²) in [7, 11) is 0. The first-order chi connectivity index (χ1) is 15.0. The summed E-state index contributed by atoms with van der Waals surface area (Å²) < 4.78 is 41.7. The number of para-hydroxylation sites is 1. The zero-order valence-corrected chi connectivity index (χ0v) is 17.3. The van der Waals surface area contributed by atoms with Gasteiger partial charge in [0.05, 0.1) is 12.1 Å². The van der Waals surface area contributed by atoms with Gasteiger partial charge in [-0.25, -0.2) is 13.2 Å². The van der Waals surface area contributed by atoms with E-state index in [1.54, 1.807) is 11.0 Å². The fourth-order valence-electron chi connectivity index (χ4n) is 3.46. The van der Waals surface area contributed by atoms with E-state index in [0.717, 1.165) is 0 Å². The molecule has 1 fully saturated rings. The van der Waals surface area contributed by atoms with E-state index in [2.05, 4.69) is 20.9 Å². The molecule has 0 aliphatic carbocycles. The summed E-state index contributed by atoms with van der Waals surface area (Å²) in [4.78, 5) is 18.1. The number of hydrogen-bond acceptors (Lipinski definition) is 3. The summed E-state index contributed by atoms with van der Waals surface area (Å²) in [6, 6.07) is 9.59. The first kappa shape index (κ1) is 22.5. The molecule has 1 saturated heterocycles. The van der Waals surface area contributed by atoms with Gasteiger partial charge in [-0.1, -0.05) is 18.2 Å². The lowest BCUT2D eigenvalue weighted by Gasteiger charge is -2.21. The Hall–Kier alpha value is -3.23. The van der Waals surface area contributed by atoms with Gasteiger partial charge in [-0.05, 0) is 37.6 Å². The van der Waals surface area contributed by atoms with Gasteiger partial charge in [-0.15, -0.1) is 0 Å². The predicted molar refractivity (Wildman–Crippen MR) is 115 cm³/mol. The fraction of sp³-hybridized carbons (Fsp3) is 0.364. The molecule has 0 spiro atoms. The van der Waals surface area contributed by atoms with Crippen LogP contribution >= 0.6 is 0 Å². The molecule has 0 radical (unpaired) electrons. The van der Waals surface area contributed by atoms with E-state index in [4.69, 9.17) is 0 Å². The van der Waals surface area contributed by atoms with Gasteiger partial charge in [-0.3, -0.25) is 9.79 Å². The van der Waals surface area contributed by atoms with Crippen molar-refractivity contribution in [2.24, 2.45) is 4.99 Å². The van der Waals surface area contributed by atoms with E-state index in [1.807, 2.05) is 6.92 Å². The summed E-state index contributed by atoms with van der Waals surface area (Å²) >= 11 is 0. The number of benzene rings is 2. The van der Waals surface area contributed by atoms with Crippen LogP contribution < -0.4 is 20.9 Å². The van der Waals surface area contributed by atoms with E-state index in [1.165, 1.54) is 36.4 Å². The average molecular weight is 433 g/mol. The average Bonchev–Trinajstić information content (AvgIpc) is 3.19. The lowest BCUT2D eigenvalue weighted by atomic mass is 10.2. The molecule has 166 valence electrons. The summed E-state index contributed by atoms with van der Waals surface area (Å²) in [6.07, 6.45) is 0.697. The number of hydrogen-bond donors (Lipinski definition) is 3. The van der Waals surface area contributed by atoms with Crippen LogP contribution in [-0.4, -0.2) is 50.6 Å².